The van der Waals surface area contributed by atoms with Crippen LogP contribution >= 0.6 is 0 Å². The van der Waals surface area contributed by atoms with Gasteiger partial charge in [-0.05, 0) is 39.4 Å². The molecule has 5 nitrogen and oxygen atoms in total. The van der Waals surface area contributed by atoms with E-state index in [0.29, 0.717) is 19.5 Å². The number of nitrogens with zero attached hydrogens (tertiary/aromatic N) is 3. The molecule has 1 heterocycles. The molecule has 1 saturated heterocycles. The Morgan fingerprint density at radius 3 is 2.62 bits per heavy atom. The van der Waals surface area contributed by atoms with Crippen molar-refractivity contribution in [3.8, 4) is 0 Å². The second-order valence-corrected chi connectivity index (χ2v) is 6.88. The van der Waals surface area contributed by atoms with Gasteiger partial charge in [-0.2, -0.15) is 0 Å². The van der Waals surface area contributed by atoms with E-state index in [2.05, 4.69) is 6.07 Å². The highest BCUT2D eigenvalue weighted by Crippen LogP contribution is 2.21. The lowest BCUT2D eigenvalue weighted by Crippen LogP contribution is -2.44. The zero-order chi connectivity index (χ0) is 17.7. The van der Waals surface area contributed by atoms with E-state index in [0.717, 1.165) is 30.5 Å². The molecule has 1 aliphatic rings. The van der Waals surface area contributed by atoms with E-state index in [-0.39, 0.29) is 17.9 Å². The SMILES string of the molecule is Cc1cccc([C@@H](C(=O)N(C)CCN2CCCCC2=O)N(C)C)c1. The summed E-state index contributed by atoms with van der Waals surface area (Å²) in [5.41, 5.74) is 2.15. The van der Waals surface area contributed by atoms with Gasteiger partial charge in [0.25, 0.3) is 0 Å². The molecule has 0 spiro atoms. The summed E-state index contributed by atoms with van der Waals surface area (Å²) in [5.74, 6) is 0.278. The quantitative estimate of drug-likeness (QED) is 0.801. The van der Waals surface area contributed by atoms with Gasteiger partial charge in [0, 0.05) is 33.1 Å². The molecule has 0 aliphatic carbocycles. The van der Waals surface area contributed by atoms with Gasteiger partial charge in [0.2, 0.25) is 11.8 Å². The third-order valence-corrected chi connectivity index (χ3v) is 4.61. The van der Waals surface area contributed by atoms with E-state index in [1.807, 2.05) is 56.1 Å². The average molecular weight is 331 g/mol. The van der Waals surface area contributed by atoms with Crippen molar-refractivity contribution >= 4 is 11.8 Å². The van der Waals surface area contributed by atoms with E-state index >= 15 is 0 Å². The van der Waals surface area contributed by atoms with Crippen LogP contribution in [0, 0.1) is 6.92 Å². The molecule has 0 bridgehead atoms. The molecule has 5 heteroatoms. The van der Waals surface area contributed by atoms with Crippen LogP contribution in [0.2, 0.25) is 0 Å². The summed E-state index contributed by atoms with van der Waals surface area (Å²) < 4.78 is 0. The molecule has 1 atom stereocenters. The molecule has 1 fully saturated rings. The highest BCUT2D eigenvalue weighted by atomic mass is 16.2. The largest absolute Gasteiger partial charge is 0.342 e. The standard InChI is InChI=1S/C19H29N3O2/c1-15-8-7-9-16(14-15)18(20(2)3)19(24)21(4)12-13-22-11-6-5-10-17(22)23/h7-9,14,18H,5-6,10-13H2,1-4H3/t18-/m0/s1. The number of aryl methyl sites for hydroxylation is 1. The molecule has 0 saturated carbocycles. The molecule has 2 rings (SSSR count). The summed E-state index contributed by atoms with van der Waals surface area (Å²) in [6.07, 6.45) is 2.69. The topological polar surface area (TPSA) is 43.9 Å². The minimum absolute atomic E-state index is 0.0649. The van der Waals surface area contributed by atoms with Crippen LogP contribution in [0.1, 0.15) is 36.4 Å². The van der Waals surface area contributed by atoms with Crippen molar-refractivity contribution in [3.05, 3.63) is 35.4 Å². The number of likely N-dealkylation sites (tertiary alicyclic amines) is 1. The zero-order valence-electron chi connectivity index (χ0n) is 15.3. The first-order valence-electron chi connectivity index (χ1n) is 8.66. The monoisotopic (exact) mass is 331 g/mol. The zero-order valence-corrected chi connectivity index (χ0v) is 15.3. The molecule has 132 valence electrons. The number of benzene rings is 1. The average Bonchev–Trinajstić information content (AvgIpc) is 2.53. The second-order valence-electron chi connectivity index (χ2n) is 6.88. The van der Waals surface area contributed by atoms with Gasteiger partial charge in [0.05, 0.1) is 0 Å². The number of piperidine rings is 1. The van der Waals surface area contributed by atoms with Gasteiger partial charge in [-0.25, -0.2) is 0 Å². The molecule has 24 heavy (non-hydrogen) atoms. The van der Waals surface area contributed by atoms with E-state index in [1.165, 1.54) is 0 Å². The Kier molecular flexibility index (Phi) is 6.37. The normalized spacial score (nSPS) is 16.4. The van der Waals surface area contributed by atoms with Gasteiger partial charge in [-0.15, -0.1) is 0 Å². The van der Waals surface area contributed by atoms with Crippen molar-refractivity contribution in [2.45, 2.75) is 32.2 Å². The number of hydrogen-bond donors (Lipinski definition) is 0. The van der Waals surface area contributed by atoms with Crippen LogP contribution < -0.4 is 0 Å². The Labute approximate surface area is 145 Å². The van der Waals surface area contributed by atoms with Crippen LogP contribution in [0.4, 0.5) is 0 Å². The van der Waals surface area contributed by atoms with Crippen LogP contribution in [0.3, 0.4) is 0 Å². The predicted molar refractivity (Wildman–Crippen MR) is 95.7 cm³/mol. The minimum atomic E-state index is -0.299. The van der Waals surface area contributed by atoms with Crippen LogP contribution in [-0.2, 0) is 9.59 Å². The molecule has 1 aromatic rings. The van der Waals surface area contributed by atoms with Crippen molar-refractivity contribution in [1.29, 1.82) is 0 Å². The third-order valence-electron chi connectivity index (χ3n) is 4.61. The molecule has 2 amide bonds. The summed E-state index contributed by atoms with van der Waals surface area (Å²) in [6, 6.07) is 7.78. The molecule has 1 aliphatic heterocycles. The first-order chi connectivity index (χ1) is 11.4. The number of amides is 2. The molecule has 0 radical (unpaired) electrons. The molecule has 0 N–H and O–H groups in total. The van der Waals surface area contributed by atoms with E-state index in [9.17, 15) is 9.59 Å². The lowest BCUT2D eigenvalue weighted by Gasteiger charge is -2.32. The number of likely N-dealkylation sites (N-methyl/N-ethyl adjacent to an activating group) is 2. The van der Waals surface area contributed by atoms with Crippen molar-refractivity contribution < 1.29 is 9.59 Å². The lowest BCUT2D eigenvalue weighted by molar-refractivity contribution is -0.138. The van der Waals surface area contributed by atoms with Gasteiger partial charge >= 0.3 is 0 Å². The van der Waals surface area contributed by atoms with E-state index < -0.39 is 0 Å². The van der Waals surface area contributed by atoms with Crippen molar-refractivity contribution in [3.63, 3.8) is 0 Å². The molecule has 0 aromatic heterocycles. The first kappa shape index (κ1) is 18.5. The van der Waals surface area contributed by atoms with Crippen molar-refractivity contribution in [2.24, 2.45) is 0 Å². The Bertz CT molecular complexity index is 586. The number of rotatable bonds is 6. The number of carbonyl (C=O) groups is 2. The van der Waals surface area contributed by atoms with Gasteiger partial charge in [-0.1, -0.05) is 29.8 Å². The van der Waals surface area contributed by atoms with Crippen LogP contribution in [-0.4, -0.2) is 67.3 Å². The Morgan fingerprint density at radius 2 is 2.00 bits per heavy atom. The molecular weight excluding hydrogens is 302 g/mol. The van der Waals surface area contributed by atoms with Gasteiger partial charge in [-0.3, -0.25) is 14.5 Å². The maximum Gasteiger partial charge on any atom is 0.244 e. The fraction of sp³-hybridized carbons (Fsp3) is 0.579. The fourth-order valence-corrected chi connectivity index (χ4v) is 3.19. The summed E-state index contributed by atoms with van der Waals surface area (Å²) in [7, 11) is 5.67. The Morgan fingerprint density at radius 1 is 1.25 bits per heavy atom. The van der Waals surface area contributed by atoms with E-state index in [4.69, 9.17) is 0 Å². The maximum absolute atomic E-state index is 12.9. The number of hydrogen-bond acceptors (Lipinski definition) is 3. The maximum atomic E-state index is 12.9. The van der Waals surface area contributed by atoms with Gasteiger partial charge < -0.3 is 9.80 Å². The van der Waals surface area contributed by atoms with Gasteiger partial charge in [0.1, 0.15) is 6.04 Å². The van der Waals surface area contributed by atoms with Crippen LogP contribution in [0.25, 0.3) is 0 Å². The number of carbonyl (C=O) groups excluding carboxylic acids is 2. The summed E-state index contributed by atoms with van der Waals surface area (Å²) in [5, 5.41) is 0. The Balaban J connectivity index is 2.02. The van der Waals surface area contributed by atoms with Crippen molar-refractivity contribution in [2.75, 3.05) is 40.8 Å². The molecular formula is C19H29N3O2. The molecule has 0 unspecified atom stereocenters. The van der Waals surface area contributed by atoms with E-state index in [1.54, 1.807) is 4.90 Å². The minimum Gasteiger partial charge on any atom is -0.342 e. The first-order valence-corrected chi connectivity index (χ1v) is 8.66. The highest BCUT2D eigenvalue weighted by molar-refractivity contribution is 5.83. The van der Waals surface area contributed by atoms with Crippen LogP contribution in [0.15, 0.2) is 24.3 Å². The predicted octanol–water partition coefficient (Wildman–Crippen LogP) is 2.07. The lowest BCUT2D eigenvalue weighted by atomic mass is 10.0. The third kappa shape index (κ3) is 4.57. The highest BCUT2D eigenvalue weighted by Gasteiger charge is 2.27. The summed E-state index contributed by atoms with van der Waals surface area (Å²) in [6.45, 7) is 4.04. The van der Waals surface area contributed by atoms with Crippen molar-refractivity contribution in [1.82, 2.24) is 14.7 Å². The Hall–Kier alpha value is -1.88. The fourth-order valence-electron chi connectivity index (χ4n) is 3.19. The van der Waals surface area contributed by atoms with Gasteiger partial charge in [0.15, 0.2) is 0 Å². The molecule has 1 aromatic carbocycles. The summed E-state index contributed by atoms with van der Waals surface area (Å²) >= 11 is 0. The van der Waals surface area contributed by atoms with Crippen LogP contribution in [0.5, 0.6) is 0 Å². The smallest absolute Gasteiger partial charge is 0.244 e. The second kappa shape index (κ2) is 8.29. The summed E-state index contributed by atoms with van der Waals surface area (Å²) in [4.78, 5) is 30.4.